The number of nitrogens with two attached hydrogens (primary N) is 1. The van der Waals surface area contributed by atoms with Crippen molar-refractivity contribution >= 4 is 5.71 Å². The SMILES string of the molecule is NN=C1COC(c2ccccc2)OC1. The summed E-state index contributed by atoms with van der Waals surface area (Å²) in [5.41, 5.74) is 1.75. The van der Waals surface area contributed by atoms with Crippen molar-refractivity contribution < 1.29 is 9.47 Å². The summed E-state index contributed by atoms with van der Waals surface area (Å²) >= 11 is 0. The summed E-state index contributed by atoms with van der Waals surface area (Å²) in [5, 5.41) is 3.54. The molecule has 4 nitrogen and oxygen atoms in total. The summed E-state index contributed by atoms with van der Waals surface area (Å²) in [4.78, 5) is 0. The van der Waals surface area contributed by atoms with Gasteiger partial charge in [-0.15, -0.1) is 0 Å². The fourth-order valence-electron chi connectivity index (χ4n) is 1.31. The second kappa shape index (κ2) is 4.21. The predicted octanol–water partition coefficient (Wildman–Crippen LogP) is 1.05. The zero-order valence-corrected chi connectivity index (χ0v) is 7.72. The quantitative estimate of drug-likeness (QED) is 0.534. The lowest BCUT2D eigenvalue weighted by atomic mass is 10.2. The fraction of sp³-hybridized carbons (Fsp3) is 0.300. The van der Waals surface area contributed by atoms with Gasteiger partial charge in [-0.2, -0.15) is 5.10 Å². The maximum absolute atomic E-state index is 5.43. The summed E-state index contributed by atoms with van der Waals surface area (Å²) in [5.74, 6) is 5.12. The highest BCUT2D eigenvalue weighted by atomic mass is 16.7. The van der Waals surface area contributed by atoms with Crippen LogP contribution in [-0.2, 0) is 9.47 Å². The molecule has 14 heavy (non-hydrogen) atoms. The van der Waals surface area contributed by atoms with Gasteiger partial charge in [0.2, 0.25) is 0 Å². The van der Waals surface area contributed by atoms with Crippen LogP contribution in [0.1, 0.15) is 11.9 Å². The molecule has 0 amide bonds. The Kier molecular flexibility index (Phi) is 2.76. The third-order valence-electron chi connectivity index (χ3n) is 2.06. The molecule has 1 aliphatic heterocycles. The third-order valence-corrected chi connectivity index (χ3v) is 2.06. The minimum Gasteiger partial charge on any atom is -0.342 e. The minimum absolute atomic E-state index is 0.290. The molecule has 0 spiro atoms. The Morgan fingerprint density at radius 3 is 2.36 bits per heavy atom. The smallest absolute Gasteiger partial charge is 0.184 e. The normalized spacial score (nSPS) is 22.0. The van der Waals surface area contributed by atoms with Gasteiger partial charge in [0, 0.05) is 5.56 Å². The van der Waals surface area contributed by atoms with E-state index in [2.05, 4.69) is 5.10 Å². The number of benzene rings is 1. The summed E-state index contributed by atoms with van der Waals surface area (Å²) in [6.07, 6.45) is -0.290. The van der Waals surface area contributed by atoms with Gasteiger partial charge >= 0.3 is 0 Å². The van der Waals surface area contributed by atoms with Crippen molar-refractivity contribution in [1.82, 2.24) is 0 Å². The van der Waals surface area contributed by atoms with Crippen molar-refractivity contribution in [2.45, 2.75) is 6.29 Å². The van der Waals surface area contributed by atoms with Crippen LogP contribution in [0, 0.1) is 0 Å². The van der Waals surface area contributed by atoms with Gasteiger partial charge in [0.1, 0.15) is 0 Å². The summed E-state index contributed by atoms with van der Waals surface area (Å²) < 4.78 is 10.9. The number of nitrogens with zero attached hydrogens (tertiary/aromatic N) is 1. The Balaban J connectivity index is 2.03. The molecule has 1 heterocycles. The summed E-state index contributed by atoms with van der Waals surface area (Å²) in [6, 6.07) is 9.80. The molecule has 1 aliphatic rings. The molecule has 0 bridgehead atoms. The molecular weight excluding hydrogens is 180 g/mol. The highest BCUT2D eigenvalue weighted by Gasteiger charge is 2.19. The Hall–Kier alpha value is -1.39. The van der Waals surface area contributed by atoms with Crippen LogP contribution in [0.15, 0.2) is 35.4 Å². The highest BCUT2D eigenvalue weighted by molar-refractivity contribution is 5.87. The van der Waals surface area contributed by atoms with Crippen molar-refractivity contribution in [3.05, 3.63) is 35.9 Å². The molecule has 2 rings (SSSR count). The van der Waals surface area contributed by atoms with Gasteiger partial charge in [0.25, 0.3) is 0 Å². The first-order valence-corrected chi connectivity index (χ1v) is 4.44. The lowest BCUT2D eigenvalue weighted by Crippen LogP contribution is -2.28. The standard InChI is InChI=1S/C10H12N2O2/c11-12-9-6-13-10(14-7-9)8-4-2-1-3-5-8/h1-5,10H,6-7,11H2. The van der Waals surface area contributed by atoms with Crippen molar-refractivity contribution in [3.63, 3.8) is 0 Å². The van der Waals surface area contributed by atoms with Gasteiger partial charge < -0.3 is 15.3 Å². The van der Waals surface area contributed by atoms with Gasteiger partial charge in [-0.25, -0.2) is 0 Å². The number of hydrogen-bond donors (Lipinski definition) is 1. The van der Waals surface area contributed by atoms with E-state index in [1.165, 1.54) is 0 Å². The van der Waals surface area contributed by atoms with E-state index < -0.39 is 0 Å². The van der Waals surface area contributed by atoms with E-state index in [9.17, 15) is 0 Å². The molecule has 0 radical (unpaired) electrons. The van der Waals surface area contributed by atoms with Crippen LogP contribution in [0.2, 0.25) is 0 Å². The van der Waals surface area contributed by atoms with Crippen molar-refractivity contribution in [3.8, 4) is 0 Å². The zero-order chi connectivity index (χ0) is 9.80. The van der Waals surface area contributed by atoms with Crippen molar-refractivity contribution in [2.24, 2.45) is 10.9 Å². The van der Waals surface area contributed by atoms with Crippen LogP contribution >= 0.6 is 0 Å². The summed E-state index contributed by atoms with van der Waals surface area (Å²) in [7, 11) is 0. The first-order valence-electron chi connectivity index (χ1n) is 4.44. The van der Waals surface area contributed by atoms with Gasteiger partial charge in [0.05, 0.1) is 18.9 Å². The molecule has 0 saturated carbocycles. The molecular formula is C10H12N2O2. The van der Waals surface area contributed by atoms with Crippen molar-refractivity contribution in [2.75, 3.05) is 13.2 Å². The molecule has 74 valence electrons. The fourth-order valence-corrected chi connectivity index (χ4v) is 1.31. The Labute approximate surface area is 82.3 Å². The van der Waals surface area contributed by atoms with Gasteiger partial charge in [-0.3, -0.25) is 0 Å². The maximum Gasteiger partial charge on any atom is 0.184 e. The molecule has 0 aromatic heterocycles. The third kappa shape index (κ3) is 1.92. The molecule has 1 fully saturated rings. The Morgan fingerprint density at radius 2 is 1.79 bits per heavy atom. The largest absolute Gasteiger partial charge is 0.342 e. The van der Waals surface area contributed by atoms with E-state index in [1.54, 1.807) is 0 Å². The second-order valence-corrected chi connectivity index (χ2v) is 3.06. The first kappa shape index (κ1) is 9.18. The van der Waals surface area contributed by atoms with Crippen LogP contribution in [0.25, 0.3) is 0 Å². The monoisotopic (exact) mass is 192 g/mol. The van der Waals surface area contributed by atoms with Crippen LogP contribution in [0.5, 0.6) is 0 Å². The average molecular weight is 192 g/mol. The van der Waals surface area contributed by atoms with Crippen LogP contribution in [0.3, 0.4) is 0 Å². The van der Waals surface area contributed by atoms with Crippen molar-refractivity contribution in [1.29, 1.82) is 0 Å². The second-order valence-electron chi connectivity index (χ2n) is 3.06. The molecule has 1 saturated heterocycles. The van der Waals surface area contributed by atoms with Crippen LogP contribution in [-0.4, -0.2) is 18.9 Å². The molecule has 2 N–H and O–H groups in total. The Bertz CT molecular complexity index is 314. The first-order chi connectivity index (χ1) is 6.90. The molecule has 0 atom stereocenters. The molecule has 0 aliphatic carbocycles. The van der Waals surface area contributed by atoms with Crippen LogP contribution < -0.4 is 5.84 Å². The number of ether oxygens (including phenoxy) is 2. The van der Waals surface area contributed by atoms with E-state index in [1.807, 2.05) is 30.3 Å². The van der Waals surface area contributed by atoms with E-state index in [4.69, 9.17) is 15.3 Å². The topological polar surface area (TPSA) is 56.8 Å². The number of rotatable bonds is 1. The van der Waals surface area contributed by atoms with E-state index >= 15 is 0 Å². The summed E-state index contributed by atoms with van der Waals surface area (Å²) in [6.45, 7) is 0.881. The molecule has 0 unspecified atom stereocenters. The number of hydrogen-bond acceptors (Lipinski definition) is 4. The van der Waals surface area contributed by atoms with Gasteiger partial charge in [0.15, 0.2) is 6.29 Å². The molecule has 4 heteroatoms. The number of hydrazone groups is 1. The Morgan fingerprint density at radius 1 is 1.14 bits per heavy atom. The maximum atomic E-state index is 5.43. The lowest BCUT2D eigenvalue weighted by Gasteiger charge is -2.24. The zero-order valence-electron chi connectivity index (χ0n) is 7.72. The molecule has 1 aromatic rings. The minimum atomic E-state index is -0.290. The molecule has 1 aromatic carbocycles. The lowest BCUT2D eigenvalue weighted by molar-refractivity contribution is -0.143. The highest BCUT2D eigenvalue weighted by Crippen LogP contribution is 2.21. The van der Waals surface area contributed by atoms with Crippen LogP contribution in [0.4, 0.5) is 0 Å². The van der Waals surface area contributed by atoms with E-state index in [-0.39, 0.29) is 6.29 Å². The average Bonchev–Trinajstić information content (AvgIpc) is 2.30. The van der Waals surface area contributed by atoms with Gasteiger partial charge in [-0.1, -0.05) is 30.3 Å². The van der Waals surface area contributed by atoms with Gasteiger partial charge in [-0.05, 0) is 0 Å². The predicted molar refractivity (Wildman–Crippen MR) is 52.7 cm³/mol. The van der Waals surface area contributed by atoms with E-state index in [0.29, 0.717) is 13.2 Å². The van der Waals surface area contributed by atoms with E-state index in [0.717, 1.165) is 11.3 Å².